The Bertz CT molecular complexity index is 216. The summed E-state index contributed by atoms with van der Waals surface area (Å²) >= 11 is 0. The van der Waals surface area contributed by atoms with E-state index in [1.165, 1.54) is 38.8 Å². The summed E-state index contributed by atoms with van der Waals surface area (Å²) < 4.78 is 4.55. The van der Waals surface area contributed by atoms with Gasteiger partial charge in [0.25, 0.3) is 6.47 Å². The van der Waals surface area contributed by atoms with Gasteiger partial charge >= 0.3 is 0 Å². The highest BCUT2D eigenvalue weighted by Crippen LogP contribution is 2.20. The van der Waals surface area contributed by atoms with E-state index in [-0.39, 0.29) is 5.60 Å². The van der Waals surface area contributed by atoms with E-state index in [1.54, 1.807) is 0 Å². The maximum atomic E-state index is 9.60. The Balaban J connectivity index is 0.000000185. The van der Waals surface area contributed by atoms with Crippen molar-refractivity contribution >= 4 is 6.47 Å². The van der Waals surface area contributed by atoms with Crippen LogP contribution in [-0.4, -0.2) is 37.2 Å². The van der Waals surface area contributed by atoms with Crippen molar-refractivity contribution in [3.05, 3.63) is 0 Å². The highest BCUT2D eigenvalue weighted by atomic mass is 16.5. The van der Waals surface area contributed by atoms with Crippen molar-refractivity contribution < 1.29 is 9.53 Å². The van der Waals surface area contributed by atoms with Gasteiger partial charge in [-0.1, -0.05) is 0 Å². The third-order valence-electron chi connectivity index (χ3n) is 2.75. The van der Waals surface area contributed by atoms with Gasteiger partial charge in [0.2, 0.25) is 0 Å². The molecule has 2 fully saturated rings. The van der Waals surface area contributed by atoms with Gasteiger partial charge in [-0.3, -0.25) is 4.79 Å². The van der Waals surface area contributed by atoms with Gasteiger partial charge < -0.3 is 15.4 Å². The molecule has 0 spiro atoms. The molecule has 2 rings (SSSR count). The van der Waals surface area contributed by atoms with Crippen LogP contribution in [0, 0.1) is 0 Å². The van der Waals surface area contributed by atoms with E-state index >= 15 is 0 Å². The van der Waals surface area contributed by atoms with E-state index < -0.39 is 0 Å². The topological polar surface area (TPSA) is 50.4 Å². The molecule has 0 unspecified atom stereocenters. The molecule has 2 N–H and O–H groups in total. The summed E-state index contributed by atoms with van der Waals surface area (Å²) in [5.74, 6) is 0. The van der Waals surface area contributed by atoms with E-state index in [1.807, 2.05) is 20.8 Å². The molecule has 0 radical (unpaired) electrons. The van der Waals surface area contributed by atoms with E-state index in [0.717, 1.165) is 12.1 Å². The predicted molar refractivity (Wildman–Crippen MR) is 69.0 cm³/mol. The molecule has 2 aliphatic rings. The first-order chi connectivity index (χ1) is 8.01. The predicted octanol–water partition coefficient (Wildman–Crippen LogP) is 1.45. The zero-order valence-electron chi connectivity index (χ0n) is 11.3. The van der Waals surface area contributed by atoms with Crippen LogP contribution in [0.1, 0.15) is 46.5 Å². The lowest BCUT2D eigenvalue weighted by atomic mass is 10.1. The molecule has 0 aromatic carbocycles. The number of carbonyl (C=O) groups is 1. The summed E-state index contributed by atoms with van der Waals surface area (Å²) in [5.41, 5.74) is -0.318. The number of hydrogen-bond acceptors (Lipinski definition) is 4. The second-order valence-corrected chi connectivity index (χ2v) is 5.81. The minimum Gasteiger partial charge on any atom is -0.462 e. The summed E-state index contributed by atoms with van der Waals surface area (Å²) in [5, 5.41) is 7.04. The van der Waals surface area contributed by atoms with Crippen LogP contribution in [-0.2, 0) is 9.53 Å². The molecule has 100 valence electrons. The summed E-state index contributed by atoms with van der Waals surface area (Å²) in [6.07, 6.45) is 5.56. The van der Waals surface area contributed by atoms with Crippen molar-refractivity contribution in [3.8, 4) is 0 Å². The van der Waals surface area contributed by atoms with E-state index in [0.29, 0.717) is 6.47 Å². The van der Waals surface area contributed by atoms with E-state index in [4.69, 9.17) is 0 Å². The lowest BCUT2D eigenvalue weighted by Crippen LogP contribution is -2.43. The number of hydrogen-bond donors (Lipinski definition) is 2. The van der Waals surface area contributed by atoms with Crippen molar-refractivity contribution in [1.82, 2.24) is 10.6 Å². The molecule has 4 heteroatoms. The number of carbonyl (C=O) groups excluding carboxylic acids is 1. The van der Waals surface area contributed by atoms with Gasteiger partial charge in [0, 0.05) is 18.6 Å². The maximum Gasteiger partial charge on any atom is 0.293 e. The minimum atomic E-state index is -0.318. The zero-order valence-corrected chi connectivity index (χ0v) is 11.3. The third-order valence-corrected chi connectivity index (χ3v) is 2.75. The largest absolute Gasteiger partial charge is 0.462 e. The Labute approximate surface area is 104 Å². The average molecular weight is 242 g/mol. The van der Waals surface area contributed by atoms with Crippen molar-refractivity contribution in [1.29, 1.82) is 0 Å². The molecule has 1 aliphatic heterocycles. The number of piperidine rings is 1. The van der Waals surface area contributed by atoms with E-state index in [2.05, 4.69) is 15.4 Å². The monoisotopic (exact) mass is 242 g/mol. The Kier molecular flexibility index (Phi) is 5.92. The normalized spacial score (nSPS) is 24.5. The second kappa shape index (κ2) is 6.97. The van der Waals surface area contributed by atoms with Crippen molar-refractivity contribution in [2.45, 2.75) is 64.1 Å². The molecule has 0 aromatic heterocycles. The van der Waals surface area contributed by atoms with Gasteiger partial charge in [-0.25, -0.2) is 0 Å². The fourth-order valence-electron chi connectivity index (χ4n) is 1.72. The van der Waals surface area contributed by atoms with Crippen LogP contribution < -0.4 is 10.6 Å². The van der Waals surface area contributed by atoms with Crippen molar-refractivity contribution in [2.75, 3.05) is 13.1 Å². The van der Waals surface area contributed by atoms with Crippen LogP contribution in [0.5, 0.6) is 0 Å². The quantitative estimate of drug-likeness (QED) is 0.736. The van der Waals surface area contributed by atoms with Crippen LogP contribution in [0.15, 0.2) is 0 Å². The van der Waals surface area contributed by atoms with Gasteiger partial charge in [0.1, 0.15) is 5.60 Å². The smallest absolute Gasteiger partial charge is 0.293 e. The summed E-state index contributed by atoms with van der Waals surface area (Å²) in [4.78, 5) is 9.60. The lowest BCUT2D eigenvalue weighted by Gasteiger charge is -2.23. The first-order valence-electron chi connectivity index (χ1n) is 6.59. The lowest BCUT2D eigenvalue weighted by molar-refractivity contribution is -0.138. The first kappa shape index (κ1) is 14.5. The Morgan fingerprint density at radius 2 is 1.94 bits per heavy atom. The fourth-order valence-corrected chi connectivity index (χ4v) is 1.72. The SMILES string of the molecule is C1CNC[C@@H](NC2CC2)C1.CC(C)(C)OC=O. The summed E-state index contributed by atoms with van der Waals surface area (Å²) in [6, 6.07) is 1.66. The number of ether oxygens (including phenoxy) is 1. The Morgan fingerprint density at radius 1 is 1.24 bits per heavy atom. The molecule has 0 amide bonds. The van der Waals surface area contributed by atoms with Gasteiger partial charge in [-0.15, -0.1) is 0 Å². The first-order valence-corrected chi connectivity index (χ1v) is 6.59. The highest BCUT2D eigenvalue weighted by molar-refractivity contribution is 5.37. The Morgan fingerprint density at radius 3 is 2.29 bits per heavy atom. The van der Waals surface area contributed by atoms with Gasteiger partial charge in [0.05, 0.1) is 0 Å². The van der Waals surface area contributed by atoms with Crippen molar-refractivity contribution in [2.24, 2.45) is 0 Å². The number of rotatable bonds is 3. The van der Waals surface area contributed by atoms with E-state index in [9.17, 15) is 4.79 Å². The molecule has 1 atom stereocenters. The number of nitrogens with one attached hydrogen (secondary N) is 2. The van der Waals surface area contributed by atoms with Crippen LogP contribution in [0.25, 0.3) is 0 Å². The summed E-state index contributed by atoms with van der Waals surface area (Å²) in [7, 11) is 0. The molecule has 4 nitrogen and oxygen atoms in total. The van der Waals surface area contributed by atoms with Gasteiger partial charge in [0.15, 0.2) is 0 Å². The van der Waals surface area contributed by atoms with Crippen molar-refractivity contribution in [3.63, 3.8) is 0 Å². The molecular formula is C13H26N2O2. The van der Waals surface area contributed by atoms with Gasteiger partial charge in [-0.2, -0.15) is 0 Å². The average Bonchev–Trinajstić information content (AvgIpc) is 3.02. The standard InChI is InChI=1S/C8H16N2.C5H10O2/c1-2-8(6-9-5-1)10-7-3-4-7;1-5(2,3)7-4-6/h7-10H,1-6H2;4H,1-3H3/t8-;/m0./s1. The van der Waals surface area contributed by atoms with Crippen LogP contribution in [0.4, 0.5) is 0 Å². The molecule has 0 aromatic rings. The molecule has 0 bridgehead atoms. The molecule has 1 saturated carbocycles. The Hall–Kier alpha value is -0.610. The van der Waals surface area contributed by atoms with Crippen LogP contribution >= 0.6 is 0 Å². The second-order valence-electron chi connectivity index (χ2n) is 5.81. The summed E-state index contributed by atoms with van der Waals surface area (Å²) in [6.45, 7) is 8.34. The molecule has 1 heterocycles. The fraction of sp³-hybridized carbons (Fsp3) is 0.923. The molecule has 1 saturated heterocycles. The van der Waals surface area contributed by atoms with Crippen LogP contribution in [0.2, 0.25) is 0 Å². The minimum absolute atomic E-state index is 0.318. The van der Waals surface area contributed by atoms with Crippen LogP contribution in [0.3, 0.4) is 0 Å². The van der Waals surface area contributed by atoms with Gasteiger partial charge in [-0.05, 0) is 53.0 Å². The maximum absolute atomic E-state index is 9.60. The third kappa shape index (κ3) is 8.16. The molecular weight excluding hydrogens is 216 g/mol. The molecule has 17 heavy (non-hydrogen) atoms. The zero-order chi connectivity index (χ0) is 12.7. The molecule has 1 aliphatic carbocycles. The highest BCUT2D eigenvalue weighted by Gasteiger charge is 2.24.